The largest absolute Gasteiger partial charge is 0.493 e. The van der Waals surface area contributed by atoms with Gasteiger partial charge in [0.1, 0.15) is 0 Å². The molecule has 1 unspecified atom stereocenters. The van der Waals surface area contributed by atoms with E-state index in [2.05, 4.69) is 19.2 Å². The van der Waals surface area contributed by atoms with Gasteiger partial charge in [-0.3, -0.25) is 4.79 Å². The lowest BCUT2D eigenvalue weighted by Gasteiger charge is -2.25. The first-order valence-corrected chi connectivity index (χ1v) is 8.76. The summed E-state index contributed by atoms with van der Waals surface area (Å²) in [4.78, 5) is 12.5. The van der Waals surface area contributed by atoms with E-state index in [0.29, 0.717) is 18.3 Å². The normalized spacial score (nSPS) is 16.9. The summed E-state index contributed by atoms with van der Waals surface area (Å²) in [6.07, 6.45) is 3.57. The van der Waals surface area contributed by atoms with Gasteiger partial charge in [-0.2, -0.15) is 0 Å². The second-order valence-corrected chi connectivity index (χ2v) is 7.17. The van der Waals surface area contributed by atoms with Crippen LogP contribution < -0.4 is 20.5 Å². The van der Waals surface area contributed by atoms with Gasteiger partial charge in [-0.15, -0.1) is 12.4 Å². The summed E-state index contributed by atoms with van der Waals surface area (Å²) in [5.74, 6) is 1.78. The molecule has 0 heterocycles. The zero-order valence-corrected chi connectivity index (χ0v) is 16.4. The summed E-state index contributed by atoms with van der Waals surface area (Å²) < 4.78 is 11.2. The van der Waals surface area contributed by atoms with E-state index in [9.17, 15) is 4.79 Å². The maximum atomic E-state index is 12.5. The molecule has 6 heteroatoms. The molecule has 1 aromatic carbocycles. The summed E-state index contributed by atoms with van der Waals surface area (Å²) >= 11 is 0. The van der Waals surface area contributed by atoms with Crippen LogP contribution in [0.2, 0.25) is 0 Å². The Hall–Kier alpha value is -1.46. The van der Waals surface area contributed by atoms with E-state index in [4.69, 9.17) is 15.2 Å². The number of carbonyl (C=O) groups is 1. The zero-order chi connectivity index (χ0) is 17.7. The number of nitrogens with two attached hydrogens (primary N) is 1. The summed E-state index contributed by atoms with van der Waals surface area (Å²) in [7, 11) is 1.62. The molecule has 1 atom stereocenters. The van der Waals surface area contributed by atoms with Crippen LogP contribution in [0.3, 0.4) is 0 Å². The van der Waals surface area contributed by atoms with E-state index in [1.165, 1.54) is 0 Å². The highest BCUT2D eigenvalue weighted by Gasteiger charge is 2.37. The molecule has 1 amide bonds. The SMILES string of the molecule is COc1cc(C(C)NC(=O)C2(N)CCCC2)ccc1OCC(C)C.Cl. The van der Waals surface area contributed by atoms with Crippen molar-refractivity contribution in [1.82, 2.24) is 5.32 Å². The van der Waals surface area contributed by atoms with E-state index in [0.717, 1.165) is 37.0 Å². The van der Waals surface area contributed by atoms with Gasteiger partial charge in [0, 0.05) is 0 Å². The third kappa shape index (κ3) is 5.51. The topological polar surface area (TPSA) is 73.6 Å². The van der Waals surface area contributed by atoms with Crippen LogP contribution in [0.4, 0.5) is 0 Å². The number of hydrogen-bond donors (Lipinski definition) is 2. The maximum absolute atomic E-state index is 12.5. The predicted octanol–water partition coefficient (Wildman–Crippen LogP) is 3.60. The summed E-state index contributed by atoms with van der Waals surface area (Å²) in [6, 6.07) is 5.64. The van der Waals surface area contributed by atoms with Crippen molar-refractivity contribution in [3.05, 3.63) is 23.8 Å². The van der Waals surface area contributed by atoms with Crippen molar-refractivity contribution in [3.63, 3.8) is 0 Å². The fourth-order valence-corrected chi connectivity index (χ4v) is 2.99. The number of benzene rings is 1. The first-order chi connectivity index (χ1) is 11.4. The number of rotatable bonds is 7. The second kappa shape index (κ2) is 9.30. The van der Waals surface area contributed by atoms with Crippen molar-refractivity contribution in [1.29, 1.82) is 0 Å². The van der Waals surface area contributed by atoms with Crippen LogP contribution >= 0.6 is 12.4 Å². The predicted molar refractivity (Wildman–Crippen MR) is 103 cm³/mol. The van der Waals surface area contributed by atoms with Crippen LogP contribution in [0.1, 0.15) is 58.1 Å². The van der Waals surface area contributed by atoms with Crippen molar-refractivity contribution in [3.8, 4) is 11.5 Å². The summed E-state index contributed by atoms with van der Waals surface area (Å²) in [6.45, 7) is 6.80. The number of methoxy groups -OCH3 is 1. The van der Waals surface area contributed by atoms with Crippen LogP contribution in [0, 0.1) is 5.92 Å². The molecule has 142 valence electrons. The standard InChI is InChI=1S/C19H30N2O3.ClH/c1-13(2)12-24-16-8-7-15(11-17(16)23-4)14(3)21-18(22)19(20)9-5-6-10-19;/h7-8,11,13-14H,5-6,9-10,12,20H2,1-4H3,(H,21,22);1H. The van der Waals surface area contributed by atoms with Crippen LogP contribution in [0.25, 0.3) is 0 Å². The lowest BCUT2D eigenvalue weighted by Crippen LogP contribution is -2.52. The molecular formula is C19H31ClN2O3. The van der Waals surface area contributed by atoms with Gasteiger partial charge >= 0.3 is 0 Å². The van der Waals surface area contributed by atoms with Crippen LogP contribution in [0.5, 0.6) is 11.5 Å². The van der Waals surface area contributed by atoms with Crippen LogP contribution in [-0.2, 0) is 4.79 Å². The smallest absolute Gasteiger partial charge is 0.240 e. The van der Waals surface area contributed by atoms with E-state index >= 15 is 0 Å². The highest BCUT2D eigenvalue weighted by Crippen LogP contribution is 2.32. The Morgan fingerprint density at radius 1 is 1.24 bits per heavy atom. The highest BCUT2D eigenvalue weighted by molar-refractivity contribution is 5.86. The van der Waals surface area contributed by atoms with Crippen LogP contribution in [0.15, 0.2) is 18.2 Å². The molecular weight excluding hydrogens is 340 g/mol. The molecule has 2 rings (SSSR count). The lowest BCUT2D eigenvalue weighted by atomic mass is 9.97. The molecule has 1 saturated carbocycles. The molecule has 0 aliphatic heterocycles. The van der Waals surface area contributed by atoms with Gasteiger partial charge in [0.25, 0.3) is 0 Å². The molecule has 25 heavy (non-hydrogen) atoms. The Morgan fingerprint density at radius 3 is 2.44 bits per heavy atom. The van der Waals surface area contributed by atoms with Gasteiger partial charge in [-0.05, 0) is 43.4 Å². The first kappa shape index (κ1) is 21.6. The van der Waals surface area contributed by atoms with E-state index in [1.54, 1.807) is 7.11 Å². The Morgan fingerprint density at radius 2 is 1.88 bits per heavy atom. The molecule has 3 N–H and O–H groups in total. The second-order valence-electron chi connectivity index (χ2n) is 7.17. The number of halogens is 1. The Bertz CT molecular complexity index is 572. The van der Waals surface area contributed by atoms with Gasteiger partial charge in [0.15, 0.2) is 11.5 Å². The Labute approximate surface area is 157 Å². The number of hydrogen-bond acceptors (Lipinski definition) is 4. The fraction of sp³-hybridized carbons (Fsp3) is 0.632. The minimum absolute atomic E-state index is 0. The monoisotopic (exact) mass is 370 g/mol. The summed E-state index contributed by atoms with van der Waals surface area (Å²) in [5, 5.41) is 3.04. The number of ether oxygens (including phenoxy) is 2. The van der Waals surface area contributed by atoms with Gasteiger partial charge in [-0.25, -0.2) is 0 Å². The average molecular weight is 371 g/mol. The molecule has 5 nitrogen and oxygen atoms in total. The minimum atomic E-state index is -0.710. The van der Waals surface area contributed by atoms with Crippen molar-refractivity contribution < 1.29 is 14.3 Å². The zero-order valence-electron chi connectivity index (χ0n) is 15.6. The molecule has 1 aliphatic rings. The third-order valence-corrected chi connectivity index (χ3v) is 4.56. The van der Waals surface area contributed by atoms with E-state index < -0.39 is 5.54 Å². The quantitative estimate of drug-likeness (QED) is 0.769. The van der Waals surface area contributed by atoms with Gasteiger partial charge in [0.2, 0.25) is 5.91 Å². The number of nitrogens with one attached hydrogen (secondary N) is 1. The van der Waals surface area contributed by atoms with Crippen LogP contribution in [-0.4, -0.2) is 25.2 Å². The average Bonchev–Trinajstić information content (AvgIpc) is 3.00. The molecule has 0 radical (unpaired) electrons. The van der Waals surface area contributed by atoms with Crippen molar-refractivity contribution in [2.24, 2.45) is 11.7 Å². The molecule has 0 bridgehead atoms. The molecule has 0 saturated heterocycles. The summed E-state index contributed by atoms with van der Waals surface area (Å²) in [5.41, 5.74) is 6.48. The molecule has 1 fully saturated rings. The minimum Gasteiger partial charge on any atom is -0.493 e. The number of carbonyl (C=O) groups excluding carboxylic acids is 1. The fourth-order valence-electron chi connectivity index (χ4n) is 2.99. The highest BCUT2D eigenvalue weighted by atomic mass is 35.5. The first-order valence-electron chi connectivity index (χ1n) is 8.76. The van der Waals surface area contributed by atoms with Gasteiger partial charge in [-0.1, -0.05) is 32.8 Å². The van der Waals surface area contributed by atoms with Crippen molar-refractivity contribution >= 4 is 18.3 Å². The molecule has 0 spiro atoms. The maximum Gasteiger partial charge on any atom is 0.240 e. The van der Waals surface area contributed by atoms with E-state index in [1.807, 2.05) is 25.1 Å². The number of amides is 1. The van der Waals surface area contributed by atoms with Gasteiger partial charge in [0.05, 0.1) is 25.3 Å². The lowest BCUT2D eigenvalue weighted by molar-refractivity contribution is -0.126. The molecule has 1 aromatic rings. The Kier molecular flexibility index (Phi) is 8.03. The molecule has 1 aliphatic carbocycles. The van der Waals surface area contributed by atoms with E-state index in [-0.39, 0.29) is 24.4 Å². The molecule has 0 aromatic heterocycles. The van der Waals surface area contributed by atoms with Gasteiger partial charge < -0.3 is 20.5 Å². The van der Waals surface area contributed by atoms with Crippen molar-refractivity contribution in [2.45, 2.75) is 58.0 Å². The third-order valence-electron chi connectivity index (χ3n) is 4.56. The Balaban J connectivity index is 0.00000312. The van der Waals surface area contributed by atoms with Crippen molar-refractivity contribution in [2.75, 3.05) is 13.7 Å².